The average molecular weight is 597 g/mol. The van der Waals surface area contributed by atoms with Crippen LogP contribution in [0.15, 0.2) is 72.8 Å². The number of carbonyl (C=O) groups is 2. The molecule has 0 atom stereocenters. The maximum absolute atomic E-state index is 13.2. The van der Waals surface area contributed by atoms with Gasteiger partial charge in [-0.15, -0.1) is 0 Å². The number of nitrogens with zero attached hydrogens (tertiary/aromatic N) is 1. The third-order valence-electron chi connectivity index (χ3n) is 7.14. The molecule has 42 heavy (non-hydrogen) atoms. The highest BCUT2D eigenvalue weighted by atomic mass is 19.4. The summed E-state index contributed by atoms with van der Waals surface area (Å²) in [6, 6.07) is 15.7. The van der Waals surface area contributed by atoms with Crippen LogP contribution in [0.2, 0.25) is 0 Å². The number of amides is 2. The molecule has 0 spiro atoms. The second kappa shape index (κ2) is 12.4. The lowest BCUT2D eigenvalue weighted by atomic mass is 9.84. The van der Waals surface area contributed by atoms with Crippen LogP contribution in [0.4, 0.5) is 35.5 Å². The van der Waals surface area contributed by atoms with Crippen molar-refractivity contribution < 1.29 is 45.1 Å². The number of likely N-dealkylation sites (tertiary alicyclic amines) is 1. The van der Waals surface area contributed by atoms with Gasteiger partial charge in [-0.2, -0.15) is 26.3 Å². The minimum absolute atomic E-state index is 0.0148. The zero-order chi connectivity index (χ0) is 30.5. The summed E-state index contributed by atoms with van der Waals surface area (Å²) in [4.78, 5) is 27.3. The lowest BCUT2D eigenvalue weighted by molar-refractivity contribution is -0.143. The van der Waals surface area contributed by atoms with E-state index in [9.17, 15) is 40.3 Å². The van der Waals surface area contributed by atoms with Crippen LogP contribution >= 0.6 is 0 Å². The Bertz CT molecular complexity index is 1350. The smallest absolute Gasteiger partial charge is 0.416 e. The summed E-state index contributed by atoms with van der Waals surface area (Å²) < 4.78 is 98.1. The van der Waals surface area contributed by atoms with Crippen molar-refractivity contribution in [2.24, 2.45) is 0 Å². The fourth-order valence-corrected chi connectivity index (χ4v) is 4.88. The molecule has 0 saturated carbocycles. The van der Waals surface area contributed by atoms with Crippen LogP contribution in [-0.2, 0) is 40.5 Å². The molecule has 5 nitrogen and oxygen atoms in total. The van der Waals surface area contributed by atoms with Crippen molar-refractivity contribution >= 4 is 12.0 Å². The number of hydrogen-bond donors (Lipinski definition) is 1. The molecule has 1 saturated heterocycles. The van der Waals surface area contributed by atoms with Gasteiger partial charge in [-0.3, -0.25) is 4.79 Å². The van der Waals surface area contributed by atoms with Gasteiger partial charge < -0.3 is 15.0 Å². The van der Waals surface area contributed by atoms with E-state index in [1.165, 1.54) is 12.1 Å². The van der Waals surface area contributed by atoms with Crippen LogP contribution in [0.25, 0.3) is 0 Å². The van der Waals surface area contributed by atoms with E-state index >= 15 is 0 Å². The summed E-state index contributed by atoms with van der Waals surface area (Å²) in [5.41, 5.74) is -3.10. The molecule has 1 N–H and O–H groups in total. The highest BCUT2D eigenvalue weighted by Crippen LogP contribution is 2.38. The van der Waals surface area contributed by atoms with E-state index in [1.807, 2.05) is 0 Å². The third kappa shape index (κ3) is 7.80. The van der Waals surface area contributed by atoms with E-state index in [0.717, 1.165) is 5.56 Å². The Morgan fingerprint density at radius 1 is 0.810 bits per heavy atom. The number of hydrogen-bond acceptors (Lipinski definition) is 3. The number of carbonyl (C=O) groups excluding carboxylic acids is 2. The van der Waals surface area contributed by atoms with Crippen LogP contribution in [0.3, 0.4) is 0 Å². The SMILES string of the molecule is O=C(NCc1cc(C(F)(F)F)cc(C(F)(F)F)c1)OC1(c2ccccc2)CCN(C(=O)CCc2ccc(F)cc2)CC1. The molecule has 1 fully saturated rings. The highest BCUT2D eigenvalue weighted by Gasteiger charge is 2.41. The molecular formula is C30H27F7N2O3. The fourth-order valence-electron chi connectivity index (χ4n) is 4.88. The van der Waals surface area contributed by atoms with Crippen molar-refractivity contribution in [3.63, 3.8) is 0 Å². The van der Waals surface area contributed by atoms with Crippen molar-refractivity contribution in [3.05, 3.63) is 106 Å². The summed E-state index contributed by atoms with van der Waals surface area (Å²) in [6.45, 7) is -0.148. The average Bonchev–Trinajstić information content (AvgIpc) is 2.95. The Morgan fingerprint density at radius 3 is 1.93 bits per heavy atom. The normalized spacial score (nSPS) is 15.3. The zero-order valence-electron chi connectivity index (χ0n) is 22.2. The van der Waals surface area contributed by atoms with Crippen LogP contribution in [0, 0.1) is 5.82 Å². The first-order valence-electron chi connectivity index (χ1n) is 13.1. The van der Waals surface area contributed by atoms with Crippen LogP contribution < -0.4 is 5.32 Å². The molecular weight excluding hydrogens is 569 g/mol. The number of halogens is 7. The van der Waals surface area contributed by atoms with Gasteiger partial charge in [-0.05, 0) is 53.4 Å². The van der Waals surface area contributed by atoms with Gasteiger partial charge in [-0.1, -0.05) is 42.5 Å². The van der Waals surface area contributed by atoms with Crippen LogP contribution in [-0.4, -0.2) is 30.0 Å². The predicted octanol–water partition coefficient (Wildman–Crippen LogP) is 7.24. The Labute approximate surface area is 237 Å². The largest absolute Gasteiger partial charge is 0.438 e. The van der Waals surface area contributed by atoms with Gasteiger partial charge in [0.1, 0.15) is 11.4 Å². The number of ether oxygens (including phenoxy) is 1. The molecule has 0 aromatic heterocycles. The van der Waals surface area contributed by atoms with E-state index in [2.05, 4.69) is 5.32 Å². The van der Waals surface area contributed by atoms with Crippen LogP contribution in [0.5, 0.6) is 0 Å². The Morgan fingerprint density at radius 2 is 1.38 bits per heavy atom. The number of alkyl carbamates (subject to hydrolysis) is 1. The second-order valence-corrected chi connectivity index (χ2v) is 10.0. The number of benzene rings is 3. The molecule has 1 heterocycles. The maximum atomic E-state index is 13.2. The maximum Gasteiger partial charge on any atom is 0.416 e. The lowest BCUT2D eigenvalue weighted by Gasteiger charge is -2.41. The van der Waals surface area contributed by atoms with Gasteiger partial charge in [-0.25, -0.2) is 9.18 Å². The third-order valence-corrected chi connectivity index (χ3v) is 7.14. The van der Waals surface area contributed by atoms with Crippen molar-refractivity contribution in [2.45, 2.75) is 50.2 Å². The first-order valence-corrected chi connectivity index (χ1v) is 13.1. The number of rotatable bonds is 7. The lowest BCUT2D eigenvalue weighted by Crippen LogP contribution is -2.48. The summed E-state index contributed by atoms with van der Waals surface area (Å²) in [6.07, 6.45) is -10.0. The van der Waals surface area contributed by atoms with E-state index < -0.39 is 47.3 Å². The van der Waals surface area contributed by atoms with Crippen LogP contribution in [0.1, 0.15) is 47.1 Å². The first-order chi connectivity index (χ1) is 19.7. The predicted molar refractivity (Wildman–Crippen MR) is 138 cm³/mol. The summed E-state index contributed by atoms with van der Waals surface area (Å²) >= 11 is 0. The van der Waals surface area contributed by atoms with Gasteiger partial charge in [0.15, 0.2) is 0 Å². The van der Waals surface area contributed by atoms with Crippen molar-refractivity contribution in [2.75, 3.05) is 13.1 Å². The summed E-state index contributed by atoms with van der Waals surface area (Å²) in [5, 5.41) is 2.27. The van der Waals surface area contributed by atoms with E-state index in [0.29, 0.717) is 24.1 Å². The molecule has 0 bridgehead atoms. The fraction of sp³-hybridized carbons (Fsp3) is 0.333. The molecule has 1 aliphatic rings. The van der Waals surface area contributed by atoms with Gasteiger partial charge in [0.05, 0.1) is 11.1 Å². The molecule has 2 amide bonds. The number of aryl methyl sites for hydroxylation is 1. The van der Waals surface area contributed by atoms with Gasteiger partial charge in [0, 0.05) is 38.9 Å². The molecule has 0 aliphatic carbocycles. The number of alkyl halides is 6. The van der Waals surface area contributed by atoms with Gasteiger partial charge in [0.2, 0.25) is 5.91 Å². The van der Waals surface area contributed by atoms with E-state index in [4.69, 9.17) is 4.74 Å². The molecule has 0 radical (unpaired) electrons. The molecule has 3 aromatic carbocycles. The molecule has 1 aliphatic heterocycles. The Balaban J connectivity index is 1.43. The van der Waals surface area contributed by atoms with E-state index in [1.54, 1.807) is 47.4 Å². The highest BCUT2D eigenvalue weighted by molar-refractivity contribution is 5.76. The van der Waals surface area contributed by atoms with Gasteiger partial charge in [0.25, 0.3) is 0 Å². The number of nitrogens with one attached hydrogen (secondary N) is 1. The topological polar surface area (TPSA) is 58.6 Å². The molecule has 0 unspecified atom stereocenters. The standard InChI is InChI=1S/C30H27F7N2O3/c31-25-9-6-20(7-10-25)8-11-26(40)39-14-12-28(13-15-39,22-4-2-1-3-5-22)42-27(41)38-19-21-16-23(29(32,33)34)18-24(17-21)30(35,36)37/h1-7,9-10,16-18H,8,11-15,19H2,(H,38,41). The first kappa shape index (κ1) is 30.9. The summed E-state index contributed by atoms with van der Waals surface area (Å²) in [5.74, 6) is -0.501. The van der Waals surface area contributed by atoms with E-state index in [-0.39, 0.29) is 50.1 Å². The molecule has 3 aromatic rings. The molecule has 4 rings (SSSR count). The van der Waals surface area contributed by atoms with Gasteiger partial charge >= 0.3 is 18.4 Å². The molecule has 12 heteroatoms. The zero-order valence-corrected chi connectivity index (χ0v) is 22.2. The second-order valence-electron chi connectivity index (χ2n) is 10.0. The van der Waals surface area contributed by atoms with Crippen molar-refractivity contribution in [1.82, 2.24) is 10.2 Å². The van der Waals surface area contributed by atoms with Crippen molar-refractivity contribution in [3.8, 4) is 0 Å². The Hall–Kier alpha value is -4.09. The summed E-state index contributed by atoms with van der Waals surface area (Å²) in [7, 11) is 0. The minimum atomic E-state index is -5.02. The monoisotopic (exact) mass is 596 g/mol. The van der Waals surface area contributed by atoms with Crippen molar-refractivity contribution in [1.29, 1.82) is 0 Å². The molecule has 224 valence electrons. The number of piperidine rings is 1. The quantitative estimate of drug-likeness (QED) is 0.293. The Kier molecular flexibility index (Phi) is 9.12. The minimum Gasteiger partial charge on any atom is -0.438 e.